The molecule has 0 spiro atoms. The van der Waals surface area contributed by atoms with Gasteiger partial charge in [0.1, 0.15) is 5.82 Å². The normalized spacial score (nSPS) is 20.7. The highest BCUT2D eigenvalue weighted by atomic mass is 19.1. The number of nitrogens with one attached hydrogen (secondary N) is 1. The van der Waals surface area contributed by atoms with Crippen LogP contribution in [0.5, 0.6) is 0 Å². The first-order chi connectivity index (χ1) is 8.70. The van der Waals surface area contributed by atoms with Gasteiger partial charge in [0.2, 0.25) is 5.91 Å². The van der Waals surface area contributed by atoms with Crippen molar-refractivity contribution in [3.63, 3.8) is 0 Å². The van der Waals surface area contributed by atoms with E-state index in [4.69, 9.17) is 0 Å². The van der Waals surface area contributed by atoms with Crippen LogP contribution in [0.4, 0.5) is 4.39 Å². The molecule has 1 amide bonds. The molecule has 1 atom stereocenters. The van der Waals surface area contributed by atoms with Gasteiger partial charge >= 0.3 is 0 Å². The zero-order chi connectivity index (χ0) is 13.0. The van der Waals surface area contributed by atoms with E-state index in [9.17, 15) is 9.18 Å². The number of carbonyl (C=O) groups excluding carboxylic acids is 1. The van der Waals surface area contributed by atoms with E-state index < -0.39 is 0 Å². The van der Waals surface area contributed by atoms with E-state index in [1.54, 1.807) is 19.2 Å². The van der Waals surface area contributed by atoms with Crippen molar-refractivity contribution in [1.82, 2.24) is 10.2 Å². The topological polar surface area (TPSA) is 32.3 Å². The van der Waals surface area contributed by atoms with Gasteiger partial charge in [0, 0.05) is 13.6 Å². The van der Waals surface area contributed by atoms with Gasteiger partial charge in [-0.25, -0.2) is 4.39 Å². The fraction of sp³-hybridized carbons (Fsp3) is 0.500. The lowest BCUT2D eigenvalue weighted by atomic mass is 10.0. The summed E-state index contributed by atoms with van der Waals surface area (Å²) >= 11 is 0. The fourth-order valence-corrected chi connectivity index (χ4v) is 2.47. The second-order valence-corrected chi connectivity index (χ2v) is 4.72. The van der Waals surface area contributed by atoms with Gasteiger partial charge in [-0.05, 0) is 37.1 Å². The summed E-state index contributed by atoms with van der Waals surface area (Å²) in [6, 6.07) is 6.45. The zero-order valence-electron chi connectivity index (χ0n) is 10.7. The van der Waals surface area contributed by atoms with E-state index in [-0.39, 0.29) is 17.8 Å². The fourth-order valence-electron chi connectivity index (χ4n) is 2.47. The van der Waals surface area contributed by atoms with Crippen LogP contribution in [0.25, 0.3) is 0 Å². The van der Waals surface area contributed by atoms with Gasteiger partial charge in [0.05, 0.1) is 6.04 Å². The van der Waals surface area contributed by atoms with Crippen LogP contribution in [-0.4, -0.2) is 30.4 Å². The molecule has 1 aliphatic heterocycles. The van der Waals surface area contributed by atoms with E-state index in [1.165, 1.54) is 12.1 Å². The minimum Gasteiger partial charge on any atom is -0.358 e. The third-order valence-corrected chi connectivity index (χ3v) is 3.46. The van der Waals surface area contributed by atoms with E-state index in [0.717, 1.165) is 31.4 Å². The van der Waals surface area contributed by atoms with Gasteiger partial charge in [0.15, 0.2) is 0 Å². The van der Waals surface area contributed by atoms with E-state index in [2.05, 4.69) is 10.2 Å². The number of halogens is 1. The minimum atomic E-state index is -0.222. The lowest BCUT2D eigenvalue weighted by Crippen LogP contribution is -2.48. The molecule has 0 aromatic heterocycles. The Labute approximate surface area is 107 Å². The SMILES string of the molecule is CNC(=O)C1CCCCN1Cc1ccc(F)cc1. The Kier molecular flexibility index (Phi) is 4.31. The van der Waals surface area contributed by atoms with Crippen LogP contribution < -0.4 is 5.32 Å². The predicted molar refractivity (Wildman–Crippen MR) is 68.5 cm³/mol. The van der Waals surface area contributed by atoms with Crippen molar-refractivity contribution in [2.45, 2.75) is 31.8 Å². The summed E-state index contributed by atoms with van der Waals surface area (Å²) in [5.74, 6) is -0.142. The average molecular weight is 250 g/mol. The number of piperidine rings is 1. The molecule has 1 unspecified atom stereocenters. The third-order valence-electron chi connectivity index (χ3n) is 3.46. The molecular weight excluding hydrogens is 231 g/mol. The molecule has 1 N–H and O–H groups in total. The summed E-state index contributed by atoms with van der Waals surface area (Å²) < 4.78 is 12.8. The van der Waals surface area contributed by atoms with Crippen molar-refractivity contribution in [2.75, 3.05) is 13.6 Å². The Balaban J connectivity index is 2.05. The largest absolute Gasteiger partial charge is 0.358 e. The lowest BCUT2D eigenvalue weighted by Gasteiger charge is -2.34. The van der Waals surface area contributed by atoms with Crippen LogP contribution in [0.1, 0.15) is 24.8 Å². The van der Waals surface area contributed by atoms with E-state index in [1.807, 2.05) is 0 Å². The number of likely N-dealkylation sites (tertiary alicyclic amines) is 1. The maximum atomic E-state index is 12.8. The predicted octanol–water partition coefficient (Wildman–Crippen LogP) is 1.93. The minimum absolute atomic E-state index is 0.0474. The lowest BCUT2D eigenvalue weighted by molar-refractivity contribution is -0.127. The van der Waals surface area contributed by atoms with E-state index in [0.29, 0.717) is 6.54 Å². The summed E-state index contributed by atoms with van der Waals surface area (Å²) in [7, 11) is 1.67. The Morgan fingerprint density at radius 2 is 2.11 bits per heavy atom. The molecule has 3 nitrogen and oxygen atoms in total. The summed E-state index contributed by atoms with van der Waals surface area (Å²) in [5, 5.41) is 2.72. The monoisotopic (exact) mass is 250 g/mol. The van der Waals surface area contributed by atoms with Gasteiger partial charge < -0.3 is 5.32 Å². The maximum Gasteiger partial charge on any atom is 0.237 e. The highest BCUT2D eigenvalue weighted by Crippen LogP contribution is 2.19. The molecule has 18 heavy (non-hydrogen) atoms. The Morgan fingerprint density at radius 1 is 1.39 bits per heavy atom. The Bertz CT molecular complexity index is 405. The Morgan fingerprint density at radius 3 is 2.78 bits per heavy atom. The molecule has 4 heteroatoms. The van der Waals surface area contributed by atoms with Crippen molar-refractivity contribution in [1.29, 1.82) is 0 Å². The molecule has 0 aliphatic carbocycles. The summed E-state index contributed by atoms with van der Waals surface area (Å²) in [4.78, 5) is 14.0. The zero-order valence-corrected chi connectivity index (χ0v) is 10.7. The van der Waals surface area contributed by atoms with Crippen LogP contribution >= 0.6 is 0 Å². The van der Waals surface area contributed by atoms with Crippen molar-refractivity contribution in [3.05, 3.63) is 35.6 Å². The quantitative estimate of drug-likeness (QED) is 0.889. The van der Waals surface area contributed by atoms with Gasteiger partial charge in [0.25, 0.3) is 0 Å². The first-order valence-electron chi connectivity index (χ1n) is 6.41. The molecule has 2 rings (SSSR count). The summed E-state index contributed by atoms with van der Waals surface area (Å²) in [6.45, 7) is 1.63. The Hall–Kier alpha value is -1.42. The third kappa shape index (κ3) is 3.07. The average Bonchev–Trinajstić information content (AvgIpc) is 2.41. The maximum absolute atomic E-state index is 12.8. The molecular formula is C14H19FN2O. The molecule has 1 aromatic rings. The first kappa shape index (κ1) is 13.0. The molecule has 0 saturated carbocycles. The number of likely N-dealkylation sites (N-methyl/N-ethyl adjacent to an activating group) is 1. The number of benzene rings is 1. The van der Waals surface area contributed by atoms with Gasteiger partial charge in [-0.15, -0.1) is 0 Å². The molecule has 0 radical (unpaired) electrons. The molecule has 1 saturated heterocycles. The van der Waals surface area contributed by atoms with Crippen molar-refractivity contribution >= 4 is 5.91 Å². The highest BCUT2D eigenvalue weighted by Gasteiger charge is 2.27. The van der Waals surface area contributed by atoms with Crippen LogP contribution in [0.3, 0.4) is 0 Å². The number of carbonyl (C=O) groups is 1. The van der Waals surface area contributed by atoms with Crippen LogP contribution in [0.15, 0.2) is 24.3 Å². The first-order valence-corrected chi connectivity index (χ1v) is 6.41. The number of hydrogen-bond acceptors (Lipinski definition) is 2. The molecule has 1 fully saturated rings. The smallest absolute Gasteiger partial charge is 0.237 e. The number of amides is 1. The number of rotatable bonds is 3. The van der Waals surface area contributed by atoms with Gasteiger partial charge in [-0.1, -0.05) is 18.6 Å². The van der Waals surface area contributed by atoms with Crippen LogP contribution in [0.2, 0.25) is 0 Å². The molecule has 98 valence electrons. The molecule has 1 heterocycles. The standard InChI is InChI=1S/C14H19FN2O/c1-16-14(18)13-4-2-3-9-17(13)10-11-5-7-12(15)8-6-11/h5-8,13H,2-4,9-10H2,1H3,(H,16,18). The molecule has 1 aliphatic rings. The van der Waals surface area contributed by atoms with Gasteiger partial charge in [-0.3, -0.25) is 9.69 Å². The number of nitrogens with zero attached hydrogens (tertiary/aromatic N) is 1. The van der Waals surface area contributed by atoms with Crippen molar-refractivity contribution < 1.29 is 9.18 Å². The second kappa shape index (κ2) is 5.96. The molecule has 1 aromatic carbocycles. The highest BCUT2D eigenvalue weighted by molar-refractivity contribution is 5.81. The van der Waals surface area contributed by atoms with Crippen LogP contribution in [0, 0.1) is 5.82 Å². The summed E-state index contributed by atoms with van der Waals surface area (Å²) in [6.07, 6.45) is 3.12. The van der Waals surface area contributed by atoms with E-state index >= 15 is 0 Å². The summed E-state index contributed by atoms with van der Waals surface area (Å²) in [5.41, 5.74) is 1.05. The number of hydrogen-bond donors (Lipinski definition) is 1. The van der Waals surface area contributed by atoms with Crippen LogP contribution in [-0.2, 0) is 11.3 Å². The second-order valence-electron chi connectivity index (χ2n) is 4.72. The van der Waals surface area contributed by atoms with Crippen molar-refractivity contribution in [3.8, 4) is 0 Å². The van der Waals surface area contributed by atoms with Gasteiger partial charge in [-0.2, -0.15) is 0 Å². The van der Waals surface area contributed by atoms with Crippen molar-refractivity contribution in [2.24, 2.45) is 0 Å². The molecule has 0 bridgehead atoms.